The molecule has 27 heavy (non-hydrogen) atoms. The number of hydrogen-bond donors (Lipinski definition) is 4. The first-order valence-electron chi connectivity index (χ1n) is 8.13. The summed E-state index contributed by atoms with van der Waals surface area (Å²) in [7, 11) is 0. The molecule has 9 nitrogen and oxygen atoms in total. The number of benzene rings is 1. The van der Waals surface area contributed by atoms with Crippen molar-refractivity contribution >= 4 is 51.5 Å². The van der Waals surface area contributed by atoms with Crippen molar-refractivity contribution < 1.29 is 4.79 Å². The lowest BCUT2D eigenvalue weighted by atomic mass is 10.1. The van der Waals surface area contributed by atoms with Gasteiger partial charge >= 0.3 is 0 Å². The lowest BCUT2D eigenvalue weighted by Crippen LogP contribution is -2.22. The number of aromatic nitrogens is 4. The number of rotatable bonds is 6. The summed E-state index contributed by atoms with van der Waals surface area (Å²) in [6, 6.07) is 8.00. The molecule has 1 aromatic carbocycles. The van der Waals surface area contributed by atoms with Crippen molar-refractivity contribution in [3.8, 4) is 0 Å². The largest absolute Gasteiger partial charge is 0.382 e. The molecule has 1 amide bonds. The number of carbonyl (C=O) groups is 1. The van der Waals surface area contributed by atoms with Crippen LogP contribution in [0.25, 0.3) is 11.2 Å². The highest BCUT2D eigenvalue weighted by atomic mass is 79.9. The minimum absolute atomic E-state index is 0. The predicted octanol–water partition coefficient (Wildman–Crippen LogP) is 1.45. The Kier molecular flexibility index (Phi) is 6.83. The molecule has 10 heteroatoms. The van der Waals surface area contributed by atoms with Gasteiger partial charge in [0.2, 0.25) is 11.9 Å². The Balaban J connectivity index is 0.00000261. The zero-order chi connectivity index (χ0) is 18.5. The zero-order valence-corrected chi connectivity index (χ0v) is 16.5. The molecule has 0 bridgehead atoms. The third kappa shape index (κ3) is 5.48. The number of nitrogens with two attached hydrogens (primary N) is 2. The average Bonchev–Trinajstić information content (AvgIpc) is 2.61. The van der Waals surface area contributed by atoms with Crippen LogP contribution in [0.5, 0.6) is 0 Å². The molecule has 0 saturated heterocycles. The molecule has 0 aliphatic carbocycles. The molecule has 0 aliphatic rings. The predicted molar refractivity (Wildman–Crippen MR) is 110 cm³/mol. The minimum atomic E-state index is -0.0199. The highest BCUT2D eigenvalue weighted by Crippen LogP contribution is 2.16. The monoisotopic (exact) mass is 432 g/mol. The summed E-state index contributed by atoms with van der Waals surface area (Å²) in [5.41, 5.74) is 15.0. The van der Waals surface area contributed by atoms with Crippen molar-refractivity contribution in [2.45, 2.75) is 19.9 Å². The molecule has 0 atom stereocenters. The summed E-state index contributed by atoms with van der Waals surface area (Å²) in [4.78, 5) is 27.4. The van der Waals surface area contributed by atoms with E-state index in [4.69, 9.17) is 11.5 Å². The second kappa shape index (κ2) is 9.08. The summed E-state index contributed by atoms with van der Waals surface area (Å²) >= 11 is 0. The Labute approximate surface area is 166 Å². The molecule has 0 saturated carbocycles. The van der Waals surface area contributed by atoms with Gasteiger partial charge < -0.3 is 22.1 Å². The molecule has 6 N–H and O–H groups in total. The van der Waals surface area contributed by atoms with Gasteiger partial charge in [-0.15, -0.1) is 17.0 Å². The van der Waals surface area contributed by atoms with Crippen LogP contribution < -0.4 is 22.1 Å². The van der Waals surface area contributed by atoms with Crippen LogP contribution in [0.2, 0.25) is 0 Å². The van der Waals surface area contributed by atoms with E-state index in [9.17, 15) is 4.79 Å². The maximum absolute atomic E-state index is 10.9. The Hall–Kier alpha value is -3.01. The fourth-order valence-electron chi connectivity index (χ4n) is 2.43. The van der Waals surface area contributed by atoms with Gasteiger partial charge in [0.1, 0.15) is 0 Å². The quantitative estimate of drug-likeness (QED) is 0.457. The molecule has 3 aromatic rings. The number of amides is 1. The van der Waals surface area contributed by atoms with Crippen LogP contribution in [0, 0.1) is 0 Å². The Morgan fingerprint density at radius 2 is 1.85 bits per heavy atom. The van der Waals surface area contributed by atoms with Gasteiger partial charge in [-0.25, -0.2) is 9.97 Å². The number of nitrogens with one attached hydrogen (secondary N) is 2. The van der Waals surface area contributed by atoms with Crippen molar-refractivity contribution in [3.63, 3.8) is 0 Å². The highest BCUT2D eigenvalue weighted by molar-refractivity contribution is 8.93. The van der Waals surface area contributed by atoms with Gasteiger partial charge in [-0.2, -0.15) is 9.97 Å². The van der Waals surface area contributed by atoms with Crippen LogP contribution in [0.15, 0.2) is 30.5 Å². The van der Waals surface area contributed by atoms with Crippen LogP contribution in [-0.2, 0) is 17.8 Å². The second-order valence-corrected chi connectivity index (χ2v) is 5.78. The molecular formula is C17H21BrN8O. The molecule has 0 fully saturated rings. The number of nitrogens with zero attached hydrogens (tertiary/aromatic N) is 4. The van der Waals surface area contributed by atoms with Crippen LogP contribution >= 0.6 is 17.0 Å². The van der Waals surface area contributed by atoms with Crippen molar-refractivity contribution in [1.29, 1.82) is 0 Å². The van der Waals surface area contributed by atoms with Gasteiger partial charge in [-0.05, 0) is 24.1 Å². The molecule has 3 rings (SSSR count). The zero-order valence-electron chi connectivity index (χ0n) is 14.8. The second-order valence-electron chi connectivity index (χ2n) is 5.78. The Morgan fingerprint density at radius 3 is 2.56 bits per heavy atom. The SMILES string of the molecule is Br.CC(=O)NCCc1ccc(NCc2cnc3nc(N)nc(N)c3n2)cc1. The molecule has 0 spiro atoms. The lowest BCUT2D eigenvalue weighted by molar-refractivity contribution is -0.118. The first-order chi connectivity index (χ1) is 12.5. The van der Waals surface area contributed by atoms with Crippen LogP contribution in [0.1, 0.15) is 18.2 Å². The van der Waals surface area contributed by atoms with E-state index >= 15 is 0 Å². The Morgan fingerprint density at radius 1 is 1.11 bits per heavy atom. The van der Waals surface area contributed by atoms with E-state index in [1.807, 2.05) is 24.3 Å². The van der Waals surface area contributed by atoms with Gasteiger partial charge in [0, 0.05) is 19.2 Å². The van der Waals surface area contributed by atoms with E-state index in [-0.39, 0.29) is 34.7 Å². The first kappa shape index (κ1) is 20.3. The van der Waals surface area contributed by atoms with Crippen LogP contribution in [-0.4, -0.2) is 32.4 Å². The van der Waals surface area contributed by atoms with E-state index in [0.717, 1.165) is 17.7 Å². The third-order valence-electron chi connectivity index (χ3n) is 3.72. The van der Waals surface area contributed by atoms with Crippen molar-refractivity contribution in [3.05, 3.63) is 41.7 Å². The number of nitrogen functional groups attached to an aromatic ring is 2. The fraction of sp³-hybridized carbons (Fsp3) is 0.235. The van der Waals surface area contributed by atoms with E-state index in [1.54, 1.807) is 6.20 Å². The maximum Gasteiger partial charge on any atom is 0.224 e. The smallest absolute Gasteiger partial charge is 0.224 e. The molecular weight excluding hydrogens is 412 g/mol. The molecule has 142 valence electrons. The molecule has 2 aromatic heterocycles. The first-order valence-corrected chi connectivity index (χ1v) is 8.13. The van der Waals surface area contributed by atoms with Gasteiger partial charge in [0.25, 0.3) is 0 Å². The average molecular weight is 433 g/mol. The summed E-state index contributed by atoms with van der Waals surface area (Å²) < 4.78 is 0. The lowest BCUT2D eigenvalue weighted by Gasteiger charge is -2.08. The number of fused-ring (bicyclic) bond motifs is 1. The van der Waals surface area contributed by atoms with Gasteiger partial charge in [0.15, 0.2) is 17.0 Å². The van der Waals surface area contributed by atoms with Crippen molar-refractivity contribution in [2.24, 2.45) is 0 Å². The Bertz CT molecular complexity index is 932. The molecule has 2 heterocycles. The van der Waals surface area contributed by atoms with Crippen molar-refractivity contribution in [1.82, 2.24) is 25.3 Å². The van der Waals surface area contributed by atoms with Crippen molar-refractivity contribution in [2.75, 3.05) is 23.3 Å². The number of halogens is 1. The van der Waals surface area contributed by atoms with Crippen LogP contribution in [0.4, 0.5) is 17.5 Å². The van der Waals surface area contributed by atoms with Gasteiger partial charge in [0.05, 0.1) is 18.4 Å². The van der Waals surface area contributed by atoms with E-state index in [0.29, 0.717) is 29.9 Å². The molecule has 0 radical (unpaired) electrons. The van der Waals surface area contributed by atoms with Gasteiger partial charge in [-0.3, -0.25) is 4.79 Å². The summed E-state index contributed by atoms with van der Waals surface area (Å²) in [6.07, 6.45) is 2.42. The summed E-state index contributed by atoms with van der Waals surface area (Å²) in [5.74, 6) is 0.271. The third-order valence-corrected chi connectivity index (χ3v) is 3.72. The van der Waals surface area contributed by atoms with E-state index < -0.39 is 0 Å². The molecule has 0 aliphatic heterocycles. The number of hydrogen-bond acceptors (Lipinski definition) is 8. The summed E-state index contributed by atoms with van der Waals surface area (Å²) in [6.45, 7) is 2.62. The minimum Gasteiger partial charge on any atom is -0.382 e. The van der Waals surface area contributed by atoms with E-state index in [2.05, 4.69) is 30.6 Å². The maximum atomic E-state index is 10.9. The van der Waals surface area contributed by atoms with Gasteiger partial charge in [-0.1, -0.05) is 12.1 Å². The topological polar surface area (TPSA) is 145 Å². The number of carbonyl (C=O) groups excluding carboxylic acids is 1. The number of anilines is 3. The standard InChI is InChI=1S/C17H20N8O.BrH/c1-10(26)20-7-6-11-2-4-12(5-3-11)21-8-13-9-22-16-14(23-13)15(18)24-17(19)25-16;/h2-5,9,21H,6-8H2,1H3,(H,20,26)(H4,18,19,22,24,25);1H. The highest BCUT2D eigenvalue weighted by Gasteiger charge is 2.07. The van der Waals surface area contributed by atoms with E-state index in [1.165, 1.54) is 6.92 Å². The summed E-state index contributed by atoms with van der Waals surface area (Å²) in [5, 5.41) is 6.06. The fourth-order valence-corrected chi connectivity index (χ4v) is 2.43. The van der Waals surface area contributed by atoms with Crippen LogP contribution in [0.3, 0.4) is 0 Å². The molecule has 0 unspecified atom stereocenters. The normalized spacial score (nSPS) is 10.3.